The lowest BCUT2D eigenvalue weighted by atomic mass is 9.89. The van der Waals surface area contributed by atoms with Crippen molar-refractivity contribution in [2.75, 3.05) is 6.61 Å². The Kier molecular flexibility index (Phi) is 0.984. The van der Waals surface area contributed by atoms with Crippen molar-refractivity contribution in [2.24, 2.45) is 17.8 Å². The molecule has 10 heavy (non-hydrogen) atoms. The Morgan fingerprint density at radius 2 is 1.60 bits per heavy atom. The van der Waals surface area contributed by atoms with Crippen molar-refractivity contribution in [1.82, 2.24) is 0 Å². The molecule has 0 unspecified atom stereocenters. The van der Waals surface area contributed by atoms with Crippen LogP contribution in [0.4, 0.5) is 0 Å². The van der Waals surface area contributed by atoms with E-state index in [-0.39, 0.29) is 0 Å². The summed E-state index contributed by atoms with van der Waals surface area (Å²) >= 11 is 0. The lowest BCUT2D eigenvalue weighted by Gasteiger charge is -2.37. The fourth-order valence-electron chi connectivity index (χ4n) is 2.16. The van der Waals surface area contributed by atoms with Crippen LogP contribution < -0.4 is 0 Å². The Hall–Kier alpha value is -0.0400. The highest BCUT2D eigenvalue weighted by Gasteiger charge is 2.49. The molecule has 1 heterocycles. The maximum absolute atomic E-state index is 5.57. The molecule has 0 amide bonds. The standard InChI is InChI=1S/C9H14O/c1-2-6(1)8-5-10-9(8)7-3-4-7/h6-9H,1-5H2/t8-,9-/m0/s1. The summed E-state index contributed by atoms with van der Waals surface area (Å²) in [5.74, 6) is 3.06. The molecule has 56 valence electrons. The van der Waals surface area contributed by atoms with E-state index in [1.165, 1.54) is 25.7 Å². The molecule has 2 aliphatic carbocycles. The largest absolute Gasteiger partial charge is 0.377 e. The first-order valence-corrected chi connectivity index (χ1v) is 4.57. The summed E-state index contributed by atoms with van der Waals surface area (Å²) in [6, 6.07) is 0. The minimum absolute atomic E-state index is 0.715. The second-order valence-corrected chi connectivity index (χ2v) is 4.14. The zero-order chi connectivity index (χ0) is 6.55. The fraction of sp³-hybridized carbons (Fsp3) is 1.00. The van der Waals surface area contributed by atoms with Crippen LogP contribution in [0.3, 0.4) is 0 Å². The maximum Gasteiger partial charge on any atom is 0.0656 e. The van der Waals surface area contributed by atoms with Crippen LogP contribution in [0.5, 0.6) is 0 Å². The molecule has 0 radical (unpaired) electrons. The molecule has 2 saturated carbocycles. The van der Waals surface area contributed by atoms with Crippen LogP contribution in [0.15, 0.2) is 0 Å². The van der Waals surface area contributed by atoms with Crippen LogP contribution in [0.1, 0.15) is 25.7 Å². The van der Waals surface area contributed by atoms with Gasteiger partial charge in [-0.05, 0) is 37.5 Å². The first kappa shape index (κ1) is 5.59. The maximum atomic E-state index is 5.57. The van der Waals surface area contributed by atoms with E-state index in [2.05, 4.69) is 0 Å². The van der Waals surface area contributed by atoms with E-state index < -0.39 is 0 Å². The van der Waals surface area contributed by atoms with Gasteiger partial charge in [0.15, 0.2) is 0 Å². The fourth-order valence-corrected chi connectivity index (χ4v) is 2.16. The Morgan fingerprint density at radius 1 is 0.900 bits per heavy atom. The second-order valence-electron chi connectivity index (χ2n) is 4.14. The van der Waals surface area contributed by atoms with Gasteiger partial charge in [0, 0.05) is 5.92 Å². The Balaban J connectivity index is 1.64. The summed E-state index contributed by atoms with van der Waals surface area (Å²) in [4.78, 5) is 0. The highest BCUT2D eigenvalue weighted by atomic mass is 16.5. The molecule has 3 fully saturated rings. The van der Waals surface area contributed by atoms with Gasteiger partial charge in [0.1, 0.15) is 0 Å². The van der Waals surface area contributed by atoms with E-state index >= 15 is 0 Å². The van der Waals surface area contributed by atoms with Gasteiger partial charge in [-0.15, -0.1) is 0 Å². The quantitative estimate of drug-likeness (QED) is 0.565. The predicted molar refractivity (Wildman–Crippen MR) is 38.7 cm³/mol. The summed E-state index contributed by atoms with van der Waals surface area (Å²) in [6.07, 6.45) is 6.61. The lowest BCUT2D eigenvalue weighted by molar-refractivity contribution is -0.134. The molecule has 3 rings (SSSR count). The van der Waals surface area contributed by atoms with Crippen LogP contribution >= 0.6 is 0 Å². The van der Waals surface area contributed by atoms with Crippen molar-refractivity contribution < 1.29 is 4.74 Å². The van der Waals surface area contributed by atoms with Crippen molar-refractivity contribution in [1.29, 1.82) is 0 Å². The molecule has 0 bridgehead atoms. The van der Waals surface area contributed by atoms with Gasteiger partial charge in [0.25, 0.3) is 0 Å². The summed E-state index contributed by atoms with van der Waals surface area (Å²) in [7, 11) is 0. The normalized spacial score (nSPS) is 46.8. The minimum atomic E-state index is 0.715. The monoisotopic (exact) mass is 138 g/mol. The zero-order valence-corrected chi connectivity index (χ0v) is 6.25. The average Bonchev–Trinajstić information content (AvgIpc) is 2.50. The van der Waals surface area contributed by atoms with E-state index in [0.717, 1.165) is 24.4 Å². The third kappa shape index (κ3) is 0.731. The molecular formula is C9H14O. The minimum Gasteiger partial charge on any atom is -0.377 e. The third-order valence-electron chi connectivity index (χ3n) is 3.22. The predicted octanol–water partition coefficient (Wildman–Crippen LogP) is 1.82. The Labute approximate surface area is 61.8 Å². The summed E-state index contributed by atoms with van der Waals surface area (Å²) in [5.41, 5.74) is 0. The van der Waals surface area contributed by atoms with Gasteiger partial charge in [0.2, 0.25) is 0 Å². The number of rotatable bonds is 2. The van der Waals surface area contributed by atoms with Crippen molar-refractivity contribution >= 4 is 0 Å². The molecular weight excluding hydrogens is 124 g/mol. The molecule has 0 aromatic rings. The molecule has 1 heteroatoms. The number of ether oxygens (including phenoxy) is 1. The average molecular weight is 138 g/mol. The first-order chi connectivity index (χ1) is 4.95. The SMILES string of the molecule is C1CC1[C@@H]1CO[C@H]1C1CC1. The molecule has 0 aromatic heterocycles. The molecule has 1 nitrogen and oxygen atoms in total. The molecule has 1 aliphatic heterocycles. The molecule has 3 aliphatic rings. The topological polar surface area (TPSA) is 9.23 Å². The van der Waals surface area contributed by atoms with Crippen molar-refractivity contribution in [2.45, 2.75) is 31.8 Å². The molecule has 0 aromatic carbocycles. The van der Waals surface area contributed by atoms with E-state index in [1.54, 1.807) is 0 Å². The molecule has 0 N–H and O–H groups in total. The number of hydrogen-bond acceptors (Lipinski definition) is 1. The second kappa shape index (κ2) is 1.76. The highest BCUT2D eigenvalue weighted by molar-refractivity contribution is 4.97. The lowest BCUT2D eigenvalue weighted by Crippen LogP contribution is -2.42. The zero-order valence-electron chi connectivity index (χ0n) is 6.25. The van der Waals surface area contributed by atoms with Gasteiger partial charge in [-0.25, -0.2) is 0 Å². The molecule has 1 saturated heterocycles. The van der Waals surface area contributed by atoms with E-state index in [0.29, 0.717) is 6.10 Å². The molecule has 0 spiro atoms. The van der Waals surface area contributed by atoms with Gasteiger partial charge in [0.05, 0.1) is 12.7 Å². The van der Waals surface area contributed by atoms with E-state index in [4.69, 9.17) is 4.74 Å². The highest BCUT2D eigenvalue weighted by Crippen LogP contribution is 2.50. The summed E-state index contributed by atoms with van der Waals surface area (Å²) < 4.78 is 5.57. The smallest absolute Gasteiger partial charge is 0.0656 e. The van der Waals surface area contributed by atoms with Crippen LogP contribution in [0.25, 0.3) is 0 Å². The van der Waals surface area contributed by atoms with E-state index in [1.807, 2.05) is 0 Å². The summed E-state index contributed by atoms with van der Waals surface area (Å²) in [6.45, 7) is 1.09. The van der Waals surface area contributed by atoms with Crippen LogP contribution in [-0.2, 0) is 4.74 Å². The Bertz CT molecular complexity index is 129. The molecule has 2 atom stereocenters. The van der Waals surface area contributed by atoms with Gasteiger partial charge in [-0.2, -0.15) is 0 Å². The van der Waals surface area contributed by atoms with Crippen LogP contribution in [-0.4, -0.2) is 12.7 Å². The van der Waals surface area contributed by atoms with Crippen molar-refractivity contribution in [3.05, 3.63) is 0 Å². The van der Waals surface area contributed by atoms with Crippen molar-refractivity contribution in [3.63, 3.8) is 0 Å². The number of hydrogen-bond donors (Lipinski definition) is 0. The third-order valence-corrected chi connectivity index (χ3v) is 3.22. The summed E-state index contributed by atoms with van der Waals surface area (Å²) in [5, 5.41) is 0. The van der Waals surface area contributed by atoms with E-state index in [9.17, 15) is 0 Å². The van der Waals surface area contributed by atoms with Gasteiger partial charge in [-0.1, -0.05) is 0 Å². The van der Waals surface area contributed by atoms with Gasteiger partial charge >= 0.3 is 0 Å². The van der Waals surface area contributed by atoms with Crippen molar-refractivity contribution in [3.8, 4) is 0 Å². The van der Waals surface area contributed by atoms with Crippen LogP contribution in [0.2, 0.25) is 0 Å². The van der Waals surface area contributed by atoms with Gasteiger partial charge < -0.3 is 4.74 Å². The van der Waals surface area contributed by atoms with Gasteiger partial charge in [-0.3, -0.25) is 0 Å². The Morgan fingerprint density at radius 3 is 2.00 bits per heavy atom. The first-order valence-electron chi connectivity index (χ1n) is 4.57. The van der Waals surface area contributed by atoms with Crippen LogP contribution in [0, 0.1) is 17.8 Å².